The average molecular weight is 473 g/mol. The van der Waals surface area contributed by atoms with Crippen molar-refractivity contribution < 1.29 is 9.13 Å². The predicted molar refractivity (Wildman–Crippen MR) is 142 cm³/mol. The first-order valence-corrected chi connectivity index (χ1v) is 13.1. The van der Waals surface area contributed by atoms with Crippen LogP contribution in [0.4, 0.5) is 4.39 Å². The molecule has 0 saturated carbocycles. The highest BCUT2D eigenvalue weighted by Crippen LogP contribution is 2.36. The third kappa shape index (κ3) is 5.00. The number of ether oxygens (including phenoxy) is 1. The van der Waals surface area contributed by atoms with Gasteiger partial charge in [0.1, 0.15) is 0 Å². The molecule has 1 saturated heterocycles. The van der Waals surface area contributed by atoms with E-state index in [-0.39, 0.29) is 5.82 Å². The van der Waals surface area contributed by atoms with Gasteiger partial charge in [-0.05, 0) is 92.4 Å². The lowest BCUT2D eigenvalue weighted by molar-refractivity contribution is 0.190. The van der Waals surface area contributed by atoms with E-state index in [0.29, 0.717) is 30.0 Å². The Kier molecular flexibility index (Phi) is 7.22. The van der Waals surface area contributed by atoms with Gasteiger partial charge in [-0.25, -0.2) is 4.39 Å². The lowest BCUT2D eigenvalue weighted by Gasteiger charge is -2.25. The van der Waals surface area contributed by atoms with Crippen LogP contribution in [0.5, 0.6) is 5.75 Å². The van der Waals surface area contributed by atoms with E-state index in [1.54, 1.807) is 6.07 Å². The van der Waals surface area contributed by atoms with Crippen molar-refractivity contribution in [2.24, 2.45) is 0 Å². The molecule has 2 aliphatic rings. The van der Waals surface area contributed by atoms with E-state index < -0.39 is 0 Å². The van der Waals surface area contributed by atoms with E-state index in [0.717, 1.165) is 49.2 Å². The third-order valence-corrected chi connectivity index (χ3v) is 7.94. The van der Waals surface area contributed by atoms with Crippen molar-refractivity contribution in [1.82, 2.24) is 10.2 Å². The highest BCUT2D eigenvalue weighted by atomic mass is 19.1. The number of likely N-dealkylation sites (tertiary alicyclic amines) is 1. The van der Waals surface area contributed by atoms with Gasteiger partial charge in [-0.3, -0.25) is 4.90 Å². The molecule has 3 nitrogen and oxygen atoms in total. The SMILES string of the molecule is Cc1c(-c2ccc3c(c2)CCNC3)cccc1-c1cccc(OCCCN2[C@H](C)CC[C@H]2C)c1F. The van der Waals surface area contributed by atoms with Crippen molar-refractivity contribution in [2.75, 3.05) is 19.7 Å². The molecule has 4 heteroatoms. The van der Waals surface area contributed by atoms with Crippen LogP contribution in [0, 0.1) is 12.7 Å². The highest BCUT2D eigenvalue weighted by molar-refractivity contribution is 5.79. The van der Waals surface area contributed by atoms with E-state index in [9.17, 15) is 0 Å². The van der Waals surface area contributed by atoms with Gasteiger partial charge in [-0.1, -0.05) is 48.5 Å². The summed E-state index contributed by atoms with van der Waals surface area (Å²) in [6, 6.07) is 19.7. The molecule has 2 heterocycles. The zero-order valence-corrected chi connectivity index (χ0v) is 21.2. The maximum atomic E-state index is 15.6. The number of fused-ring (bicyclic) bond motifs is 1. The van der Waals surface area contributed by atoms with E-state index in [2.05, 4.69) is 55.3 Å². The standard InChI is InChI=1S/C31H37FN2O/c1-21-11-12-22(2)34(21)17-6-18-35-30-10-5-9-29(31(30)32)28-8-4-7-27(23(28)3)25-13-14-26-20-33-16-15-24(26)19-25/h4-5,7-10,13-14,19,21-22,33H,6,11-12,15-18,20H2,1-3H3/t21-,22-/m1/s1. The first-order valence-electron chi connectivity index (χ1n) is 13.1. The van der Waals surface area contributed by atoms with Crippen LogP contribution < -0.4 is 10.1 Å². The van der Waals surface area contributed by atoms with E-state index in [1.807, 2.05) is 24.3 Å². The number of nitrogens with zero attached hydrogens (tertiary/aromatic N) is 1. The number of rotatable bonds is 7. The first kappa shape index (κ1) is 24.0. The maximum absolute atomic E-state index is 15.6. The van der Waals surface area contributed by atoms with Crippen molar-refractivity contribution >= 4 is 0 Å². The van der Waals surface area contributed by atoms with Crippen LogP contribution in [-0.2, 0) is 13.0 Å². The molecule has 0 radical (unpaired) electrons. The van der Waals surface area contributed by atoms with Crippen LogP contribution in [-0.4, -0.2) is 36.7 Å². The minimum absolute atomic E-state index is 0.271. The topological polar surface area (TPSA) is 24.5 Å². The van der Waals surface area contributed by atoms with Crippen molar-refractivity contribution in [3.63, 3.8) is 0 Å². The van der Waals surface area contributed by atoms with Gasteiger partial charge in [-0.15, -0.1) is 0 Å². The van der Waals surface area contributed by atoms with E-state index in [1.165, 1.54) is 29.5 Å². The summed E-state index contributed by atoms with van der Waals surface area (Å²) in [6.45, 7) is 10.2. The van der Waals surface area contributed by atoms with Gasteiger partial charge in [-0.2, -0.15) is 0 Å². The monoisotopic (exact) mass is 472 g/mol. The molecule has 5 rings (SSSR count). The second-order valence-electron chi connectivity index (χ2n) is 10.2. The van der Waals surface area contributed by atoms with Gasteiger partial charge in [0, 0.05) is 30.7 Å². The molecule has 1 fully saturated rings. The van der Waals surface area contributed by atoms with Crippen molar-refractivity contribution in [2.45, 2.75) is 65.1 Å². The smallest absolute Gasteiger partial charge is 0.172 e. The van der Waals surface area contributed by atoms with Crippen LogP contribution >= 0.6 is 0 Å². The van der Waals surface area contributed by atoms with Gasteiger partial charge in [0.2, 0.25) is 0 Å². The number of nitrogens with one attached hydrogen (secondary N) is 1. The summed E-state index contributed by atoms with van der Waals surface area (Å²) in [5, 5.41) is 3.43. The molecule has 0 unspecified atom stereocenters. The Balaban J connectivity index is 1.34. The van der Waals surface area contributed by atoms with Gasteiger partial charge in [0.15, 0.2) is 11.6 Å². The van der Waals surface area contributed by atoms with Gasteiger partial charge < -0.3 is 10.1 Å². The quantitative estimate of drug-likeness (QED) is 0.385. The number of halogens is 1. The minimum Gasteiger partial charge on any atom is -0.490 e. The van der Waals surface area contributed by atoms with Crippen LogP contribution in [0.15, 0.2) is 54.6 Å². The number of hydrogen-bond acceptors (Lipinski definition) is 3. The lowest BCUT2D eigenvalue weighted by Crippen LogP contribution is -2.34. The minimum atomic E-state index is -0.271. The summed E-state index contributed by atoms with van der Waals surface area (Å²) in [4.78, 5) is 2.54. The molecule has 3 aromatic carbocycles. The lowest BCUT2D eigenvalue weighted by atomic mass is 9.90. The summed E-state index contributed by atoms with van der Waals surface area (Å²) in [5.41, 5.74) is 7.75. The second kappa shape index (κ2) is 10.5. The summed E-state index contributed by atoms with van der Waals surface area (Å²) in [7, 11) is 0. The first-order chi connectivity index (χ1) is 17.0. The Labute approximate surface area is 209 Å². The molecule has 35 heavy (non-hydrogen) atoms. The van der Waals surface area contributed by atoms with Crippen molar-refractivity contribution in [3.8, 4) is 28.0 Å². The summed E-state index contributed by atoms with van der Waals surface area (Å²) >= 11 is 0. The zero-order chi connectivity index (χ0) is 24.4. The fourth-order valence-electron chi connectivity index (χ4n) is 5.83. The molecule has 0 bridgehead atoms. The van der Waals surface area contributed by atoms with Gasteiger partial charge in [0.05, 0.1) is 6.61 Å². The predicted octanol–water partition coefficient (Wildman–Crippen LogP) is 6.76. The molecular formula is C31H37FN2O. The van der Waals surface area contributed by atoms with Gasteiger partial charge >= 0.3 is 0 Å². The van der Waals surface area contributed by atoms with Crippen molar-refractivity contribution in [1.29, 1.82) is 0 Å². The Morgan fingerprint density at radius 3 is 2.51 bits per heavy atom. The number of hydrogen-bond donors (Lipinski definition) is 1. The summed E-state index contributed by atoms with van der Waals surface area (Å²) < 4.78 is 21.5. The van der Waals surface area contributed by atoms with E-state index >= 15 is 4.39 Å². The molecule has 2 aliphatic heterocycles. The Morgan fingerprint density at radius 2 is 1.69 bits per heavy atom. The Hall–Kier alpha value is -2.69. The Morgan fingerprint density at radius 1 is 0.943 bits per heavy atom. The zero-order valence-electron chi connectivity index (χ0n) is 21.2. The largest absolute Gasteiger partial charge is 0.490 e. The van der Waals surface area contributed by atoms with Gasteiger partial charge in [0.25, 0.3) is 0 Å². The fraction of sp³-hybridized carbons (Fsp3) is 0.419. The highest BCUT2D eigenvalue weighted by Gasteiger charge is 2.26. The van der Waals surface area contributed by atoms with Crippen LogP contribution in [0.2, 0.25) is 0 Å². The van der Waals surface area contributed by atoms with E-state index in [4.69, 9.17) is 4.74 Å². The van der Waals surface area contributed by atoms with Crippen LogP contribution in [0.3, 0.4) is 0 Å². The molecule has 184 valence electrons. The third-order valence-electron chi connectivity index (χ3n) is 7.94. The Bertz CT molecular complexity index is 1180. The normalized spacial score (nSPS) is 20.1. The molecular weight excluding hydrogens is 435 g/mol. The maximum Gasteiger partial charge on any atom is 0.172 e. The van der Waals surface area contributed by atoms with Crippen LogP contribution in [0.1, 0.15) is 49.8 Å². The molecule has 0 aliphatic carbocycles. The van der Waals surface area contributed by atoms with Crippen LogP contribution in [0.25, 0.3) is 22.3 Å². The fourth-order valence-corrected chi connectivity index (χ4v) is 5.83. The molecule has 0 spiro atoms. The molecule has 1 N–H and O–H groups in total. The molecule has 0 amide bonds. The molecule has 2 atom stereocenters. The summed E-state index contributed by atoms with van der Waals surface area (Å²) in [5.74, 6) is 0.0725. The van der Waals surface area contributed by atoms with Crippen molar-refractivity contribution in [3.05, 3.63) is 77.1 Å². The number of benzene rings is 3. The average Bonchev–Trinajstić information content (AvgIpc) is 3.19. The molecule has 3 aromatic rings. The summed E-state index contributed by atoms with van der Waals surface area (Å²) in [6.07, 6.45) is 4.48. The molecule has 0 aromatic heterocycles. The second-order valence-corrected chi connectivity index (χ2v) is 10.2.